The Morgan fingerprint density at radius 1 is 1.15 bits per heavy atom. The van der Waals surface area contributed by atoms with Gasteiger partial charge in [0.25, 0.3) is 0 Å². The zero-order chi connectivity index (χ0) is 13.9. The molecule has 1 unspecified atom stereocenters. The van der Waals surface area contributed by atoms with Crippen LogP contribution in [0.2, 0.25) is 0 Å². The van der Waals surface area contributed by atoms with Crippen LogP contribution in [-0.4, -0.2) is 31.6 Å². The van der Waals surface area contributed by atoms with Gasteiger partial charge in [-0.2, -0.15) is 0 Å². The maximum atomic E-state index is 5.55. The van der Waals surface area contributed by atoms with Crippen molar-refractivity contribution >= 4 is 0 Å². The number of likely N-dealkylation sites (N-methyl/N-ethyl adjacent to an activating group) is 1. The molecule has 3 nitrogen and oxygen atoms in total. The van der Waals surface area contributed by atoms with Crippen LogP contribution in [0.15, 0.2) is 47.1 Å². The molecule has 106 valence electrons. The second kappa shape index (κ2) is 5.81. The predicted molar refractivity (Wildman–Crippen MR) is 80.8 cm³/mol. The molecule has 1 aliphatic rings. The highest BCUT2D eigenvalue weighted by Crippen LogP contribution is 2.23. The van der Waals surface area contributed by atoms with Gasteiger partial charge in [0.15, 0.2) is 0 Å². The lowest BCUT2D eigenvalue weighted by Crippen LogP contribution is -2.37. The van der Waals surface area contributed by atoms with Crippen LogP contribution in [0, 0.1) is 0 Å². The average molecular weight is 270 g/mol. The molecule has 0 radical (unpaired) electrons. The van der Waals surface area contributed by atoms with Gasteiger partial charge in [0.2, 0.25) is 0 Å². The number of hydrogen-bond donors (Lipinski definition) is 1. The third-order valence-corrected chi connectivity index (χ3v) is 4.15. The van der Waals surface area contributed by atoms with Crippen molar-refractivity contribution in [2.75, 3.05) is 20.6 Å². The molecule has 0 saturated heterocycles. The molecule has 0 fully saturated rings. The molecular formula is C17H22N2O. The van der Waals surface area contributed by atoms with Crippen molar-refractivity contribution in [1.82, 2.24) is 10.2 Å². The molecule has 1 aromatic carbocycles. The van der Waals surface area contributed by atoms with Gasteiger partial charge in [0, 0.05) is 12.6 Å². The Bertz CT molecular complexity index is 523. The van der Waals surface area contributed by atoms with Gasteiger partial charge in [-0.15, -0.1) is 0 Å². The lowest BCUT2D eigenvalue weighted by atomic mass is 10.1. The molecule has 2 aromatic rings. The summed E-state index contributed by atoms with van der Waals surface area (Å²) in [5.74, 6) is 1.03. The largest absolute Gasteiger partial charge is 0.468 e. The smallest absolute Gasteiger partial charge is 0.122 e. The third-order valence-electron chi connectivity index (χ3n) is 4.15. The molecule has 1 aromatic heterocycles. The van der Waals surface area contributed by atoms with Gasteiger partial charge in [0.05, 0.1) is 12.3 Å². The number of nitrogens with one attached hydrogen (secondary N) is 1. The fourth-order valence-corrected chi connectivity index (χ4v) is 3.00. The number of hydrogen-bond acceptors (Lipinski definition) is 3. The Kier molecular flexibility index (Phi) is 3.90. The van der Waals surface area contributed by atoms with Gasteiger partial charge in [-0.25, -0.2) is 0 Å². The number of nitrogens with zero attached hydrogens (tertiary/aromatic N) is 1. The van der Waals surface area contributed by atoms with Crippen molar-refractivity contribution in [3.8, 4) is 0 Å². The third kappa shape index (κ3) is 2.79. The average Bonchev–Trinajstić information content (AvgIpc) is 3.06. The lowest BCUT2D eigenvalue weighted by Gasteiger charge is -2.24. The molecular weight excluding hydrogens is 248 g/mol. The molecule has 0 spiro atoms. The van der Waals surface area contributed by atoms with Crippen LogP contribution in [0.5, 0.6) is 0 Å². The summed E-state index contributed by atoms with van der Waals surface area (Å²) < 4.78 is 5.55. The van der Waals surface area contributed by atoms with E-state index >= 15 is 0 Å². The fourth-order valence-electron chi connectivity index (χ4n) is 3.00. The van der Waals surface area contributed by atoms with Crippen molar-refractivity contribution in [2.45, 2.75) is 24.9 Å². The molecule has 20 heavy (non-hydrogen) atoms. The molecule has 1 heterocycles. The van der Waals surface area contributed by atoms with E-state index in [0.29, 0.717) is 6.04 Å². The van der Waals surface area contributed by atoms with Crippen LogP contribution in [0.4, 0.5) is 0 Å². The second-order valence-electron chi connectivity index (χ2n) is 5.78. The number of benzene rings is 1. The van der Waals surface area contributed by atoms with Crippen molar-refractivity contribution < 1.29 is 4.42 Å². The van der Waals surface area contributed by atoms with Crippen LogP contribution in [-0.2, 0) is 12.8 Å². The van der Waals surface area contributed by atoms with E-state index in [1.165, 1.54) is 11.1 Å². The normalized spacial score (nSPS) is 16.6. The van der Waals surface area contributed by atoms with Crippen LogP contribution in [0.3, 0.4) is 0 Å². The SMILES string of the molecule is CN(C)C(CNC1Cc2ccccc2C1)c1ccco1. The predicted octanol–water partition coefficient (Wildman–Crippen LogP) is 2.64. The van der Waals surface area contributed by atoms with Gasteiger partial charge >= 0.3 is 0 Å². The maximum absolute atomic E-state index is 5.55. The van der Waals surface area contributed by atoms with Gasteiger partial charge in [-0.1, -0.05) is 24.3 Å². The fraction of sp³-hybridized carbons (Fsp3) is 0.412. The summed E-state index contributed by atoms with van der Waals surface area (Å²) in [5.41, 5.74) is 2.98. The van der Waals surface area contributed by atoms with E-state index in [2.05, 4.69) is 54.6 Å². The number of fused-ring (bicyclic) bond motifs is 1. The summed E-state index contributed by atoms with van der Waals surface area (Å²) in [6.07, 6.45) is 4.01. The van der Waals surface area contributed by atoms with Gasteiger partial charge in [0.1, 0.15) is 5.76 Å². The first-order chi connectivity index (χ1) is 9.74. The van der Waals surface area contributed by atoms with E-state index in [0.717, 1.165) is 25.1 Å². The molecule has 3 heteroatoms. The minimum absolute atomic E-state index is 0.286. The molecule has 1 atom stereocenters. The van der Waals surface area contributed by atoms with E-state index in [-0.39, 0.29) is 6.04 Å². The molecule has 3 rings (SSSR count). The van der Waals surface area contributed by atoms with Crippen LogP contribution < -0.4 is 5.32 Å². The number of rotatable bonds is 5. The molecule has 1 N–H and O–H groups in total. The number of furan rings is 1. The first kappa shape index (κ1) is 13.4. The minimum Gasteiger partial charge on any atom is -0.468 e. The topological polar surface area (TPSA) is 28.4 Å². The standard InChI is InChI=1S/C17H22N2O/c1-19(2)16(17-8-5-9-20-17)12-18-15-10-13-6-3-4-7-14(13)11-15/h3-9,15-16,18H,10-12H2,1-2H3. The first-order valence-electron chi connectivity index (χ1n) is 7.24. The highest BCUT2D eigenvalue weighted by Gasteiger charge is 2.23. The minimum atomic E-state index is 0.286. The van der Waals surface area contributed by atoms with Gasteiger partial charge in [-0.3, -0.25) is 4.90 Å². The summed E-state index contributed by atoms with van der Waals surface area (Å²) >= 11 is 0. The van der Waals surface area contributed by atoms with Crippen molar-refractivity contribution in [1.29, 1.82) is 0 Å². The molecule has 0 amide bonds. The Hall–Kier alpha value is -1.58. The van der Waals surface area contributed by atoms with Gasteiger partial charge < -0.3 is 9.73 Å². The Morgan fingerprint density at radius 2 is 1.85 bits per heavy atom. The van der Waals surface area contributed by atoms with E-state index < -0.39 is 0 Å². The van der Waals surface area contributed by atoms with E-state index in [4.69, 9.17) is 4.42 Å². The van der Waals surface area contributed by atoms with Gasteiger partial charge in [-0.05, 0) is 50.2 Å². The summed E-state index contributed by atoms with van der Waals surface area (Å²) in [7, 11) is 4.19. The first-order valence-corrected chi connectivity index (χ1v) is 7.24. The molecule has 0 saturated carbocycles. The highest BCUT2D eigenvalue weighted by atomic mass is 16.3. The van der Waals surface area contributed by atoms with Crippen LogP contribution in [0.25, 0.3) is 0 Å². The summed E-state index contributed by atoms with van der Waals surface area (Å²) in [6.45, 7) is 0.916. The quantitative estimate of drug-likeness (QED) is 0.905. The van der Waals surface area contributed by atoms with Crippen LogP contribution in [0.1, 0.15) is 22.9 Å². The monoisotopic (exact) mass is 270 g/mol. The van der Waals surface area contributed by atoms with Crippen LogP contribution >= 0.6 is 0 Å². The van der Waals surface area contributed by atoms with E-state index in [1.54, 1.807) is 6.26 Å². The van der Waals surface area contributed by atoms with E-state index in [1.807, 2.05) is 6.07 Å². The Balaban J connectivity index is 1.60. The van der Waals surface area contributed by atoms with Crippen molar-refractivity contribution in [2.24, 2.45) is 0 Å². The summed E-state index contributed by atoms with van der Waals surface area (Å²) in [4.78, 5) is 2.20. The molecule has 1 aliphatic carbocycles. The van der Waals surface area contributed by atoms with E-state index in [9.17, 15) is 0 Å². The second-order valence-corrected chi connectivity index (χ2v) is 5.78. The van der Waals surface area contributed by atoms with Crippen molar-refractivity contribution in [3.05, 3.63) is 59.5 Å². The Morgan fingerprint density at radius 3 is 2.40 bits per heavy atom. The summed E-state index contributed by atoms with van der Waals surface area (Å²) in [6, 6.07) is 13.6. The molecule has 0 bridgehead atoms. The zero-order valence-corrected chi connectivity index (χ0v) is 12.2. The maximum Gasteiger partial charge on any atom is 0.122 e. The summed E-state index contributed by atoms with van der Waals surface area (Å²) in [5, 5.41) is 3.70. The van der Waals surface area contributed by atoms with Crippen molar-refractivity contribution in [3.63, 3.8) is 0 Å². The highest BCUT2D eigenvalue weighted by molar-refractivity contribution is 5.33. The lowest BCUT2D eigenvalue weighted by molar-refractivity contribution is 0.244. The molecule has 0 aliphatic heterocycles. The Labute approximate surface area is 120 Å². The zero-order valence-electron chi connectivity index (χ0n) is 12.2.